The highest BCUT2D eigenvalue weighted by atomic mass is 127. The predicted octanol–water partition coefficient (Wildman–Crippen LogP) is 3.77. The van der Waals surface area contributed by atoms with Gasteiger partial charge in [0.15, 0.2) is 5.96 Å². The van der Waals surface area contributed by atoms with E-state index in [-0.39, 0.29) is 29.8 Å². The zero-order valence-corrected chi connectivity index (χ0v) is 18.2. The SMILES string of the molecule is CN=C(NCc1ccccc1F)NC1CC(C)N(Cc2ccccc2)C1.I. The molecule has 6 heteroatoms. The largest absolute Gasteiger partial charge is 0.352 e. The lowest BCUT2D eigenvalue weighted by atomic mass is 10.2. The number of hydrogen-bond acceptors (Lipinski definition) is 2. The lowest BCUT2D eigenvalue weighted by molar-refractivity contribution is 0.258. The van der Waals surface area contributed by atoms with E-state index in [1.54, 1.807) is 19.2 Å². The molecule has 1 fully saturated rings. The van der Waals surface area contributed by atoms with E-state index in [4.69, 9.17) is 0 Å². The van der Waals surface area contributed by atoms with Crippen LogP contribution >= 0.6 is 24.0 Å². The molecule has 0 bridgehead atoms. The van der Waals surface area contributed by atoms with Crippen molar-refractivity contribution in [3.63, 3.8) is 0 Å². The molecule has 0 amide bonds. The molecule has 0 radical (unpaired) electrons. The number of halogens is 2. The van der Waals surface area contributed by atoms with Gasteiger partial charge in [-0.25, -0.2) is 4.39 Å². The Kier molecular flexibility index (Phi) is 8.50. The van der Waals surface area contributed by atoms with E-state index < -0.39 is 0 Å². The van der Waals surface area contributed by atoms with Gasteiger partial charge in [0.2, 0.25) is 0 Å². The van der Waals surface area contributed by atoms with Crippen LogP contribution in [0.25, 0.3) is 0 Å². The van der Waals surface area contributed by atoms with Crippen LogP contribution in [0.1, 0.15) is 24.5 Å². The molecule has 2 aromatic rings. The minimum Gasteiger partial charge on any atom is -0.352 e. The summed E-state index contributed by atoms with van der Waals surface area (Å²) in [6.07, 6.45) is 1.06. The Bertz CT molecular complexity index is 738. The summed E-state index contributed by atoms with van der Waals surface area (Å²) in [6, 6.07) is 18.2. The molecular formula is C21H28FIN4. The standard InChI is InChI=1S/C21H27FN4.HI/c1-16-12-19(15-26(16)14-17-8-4-3-5-9-17)25-21(23-2)24-13-18-10-6-7-11-20(18)22;/h3-11,16,19H,12-15H2,1-2H3,(H2,23,24,25);1H. The van der Waals surface area contributed by atoms with Crippen molar-refractivity contribution in [1.82, 2.24) is 15.5 Å². The Morgan fingerprint density at radius 1 is 1.15 bits per heavy atom. The minimum absolute atomic E-state index is 0. The second kappa shape index (κ2) is 10.6. The maximum atomic E-state index is 13.8. The molecule has 4 nitrogen and oxygen atoms in total. The number of rotatable bonds is 5. The highest BCUT2D eigenvalue weighted by Crippen LogP contribution is 2.20. The van der Waals surface area contributed by atoms with Gasteiger partial charge < -0.3 is 10.6 Å². The van der Waals surface area contributed by atoms with Gasteiger partial charge >= 0.3 is 0 Å². The molecule has 2 N–H and O–H groups in total. The molecule has 3 rings (SSSR count). The highest BCUT2D eigenvalue weighted by molar-refractivity contribution is 14.0. The smallest absolute Gasteiger partial charge is 0.191 e. The van der Waals surface area contributed by atoms with Crippen molar-refractivity contribution in [1.29, 1.82) is 0 Å². The van der Waals surface area contributed by atoms with Crippen molar-refractivity contribution in [3.8, 4) is 0 Å². The average molecular weight is 482 g/mol. The van der Waals surface area contributed by atoms with Crippen molar-refractivity contribution in [3.05, 3.63) is 71.5 Å². The lowest BCUT2D eigenvalue weighted by Gasteiger charge is -2.21. The first-order valence-corrected chi connectivity index (χ1v) is 9.14. The molecule has 2 unspecified atom stereocenters. The molecule has 2 atom stereocenters. The summed E-state index contributed by atoms with van der Waals surface area (Å²) in [6.45, 7) is 4.61. The average Bonchev–Trinajstić information content (AvgIpc) is 2.99. The third kappa shape index (κ3) is 6.17. The van der Waals surface area contributed by atoms with E-state index in [0.29, 0.717) is 30.2 Å². The van der Waals surface area contributed by atoms with Gasteiger partial charge in [-0.15, -0.1) is 24.0 Å². The molecule has 0 saturated carbocycles. The highest BCUT2D eigenvalue weighted by Gasteiger charge is 2.29. The van der Waals surface area contributed by atoms with E-state index >= 15 is 0 Å². The van der Waals surface area contributed by atoms with Crippen molar-refractivity contribution in [2.24, 2.45) is 4.99 Å². The van der Waals surface area contributed by atoms with Gasteiger partial charge in [-0.3, -0.25) is 9.89 Å². The summed E-state index contributed by atoms with van der Waals surface area (Å²) in [5.74, 6) is 0.519. The molecule has 27 heavy (non-hydrogen) atoms. The number of benzene rings is 2. The molecule has 0 spiro atoms. The number of aliphatic imine (C=N–C) groups is 1. The maximum Gasteiger partial charge on any atom is 0.191 e. The van der Waals surface area contributed by atoms with E-state index in [0.717, 1.165) is 19.5 Å². The molecule has 146 valence electrons. The molecule has 1 aliphatic rings. The summed E-state index contributed by atoms with van der Waals surface area (Å²) in [4.78, 5) is 6.77. The van der Waals surface area contributed by atoms with Crippen LogP contribution in [-0.4, -0.2) is 36.5 Å². The summed E-state index contributed by atoms with van der Waals surface area (Å²) in [5, 5.41) is 6.69. The number of nitrogens with one attached hydrogen (secondary N) is 2. The molecule has 1 aliphatic heterocycles. The normalized spacial score (nSPS) is 20.2. The van der Waals surface area contributed by atoms with Crippen LogP contribution in [0.4, 0.5) is 4.39 Å². The minimum atomic E-state index is -0.195. The van der Waals surface area contributed by atoms with Gasteiger partial charge in [-0.05, 0) is 25.0 Å². The van der Waals surface area contributed by atoms with Gasteiger partial charge in [0, 0.05) is 44.3 Å². The molecule has 2 aromatic carbocycles. The van der Waals surface area contributed by atoms with Crippen molar-refractivity contribution >= 4 is 29.9 Å². The van der Waals surface area contributed by atoms with E-state index in [9.17, 15) is 4.39 Å². The number of nitrogens with zero attached hydrogens (tertiary/aromatic N) is 2. The molecule has 1 saturated heterocycles. The van der Waals surface area contributed by atoms with E-state index in [1.807, 2.05) is 12.1 Å². The first-order valence-electron chi connectivity index (χ1n) is 9.14. The Hall–Kier alpha value is -1.67. The van der Waals surface area contributed by atoms with E-state index in [1.165, 1.54) is 11.6 Å². The van der Waals surface area contributed by atoms with Crippen LogP contribution in [0.15, 0.2) is 59.6 Å². The van der Waals surface area contributed by atoms with Crippen LogP contribution < -0.4 is 10.6 Å². The fraction of sp³-hybridized carbons (Fsp3) is 0.381. The third-order valence-corrected chi connectivity index (χ3v) is 4.90. The fourth-order valence-electron chi connectivity index (χ4n) is 3.45. The Balaban J connectivity index is 0.00000261. The quantitative estimate of drug-likeness (QED) is 0.387. The Labute approximate surface area is 178 Å². The van der Waals surface area contributed by atoms with Gasteiger partial charge in [-0.2, -0.15) is 0 Å². The zero-order valence-electron chi connectivity index (χ0n) is 15.9. The van der Waals surface area contributed by atoms with Gasteiger partial charge in [0.05, 0.1) is 0 Å². The predicted molar refractivity (Wildman–Crippen MR) is 120 cm³/mol. The Morgan fingerprint density at radius 3 is 2.56 bits per heavy atom. The number of guanidine groups is 1. The summed E-state index contributed by atoms with van der Waals surface area (Å²) < 4.78 is 13.8. The second-order valence-electron chi connectivity index (χ2n) is 6.86. The van der Waals surface area contributed by atoms with Crippen LogP contribution in [-0.2, 0) is 13.1 Å². The summed E-state index contributed by atoms with van der Waals surface area (Å²) >= 11 is 0. The van der Waals surface area contributed by atoms with Gasteiger partial charge in [0.25, 0.3) is 0 Å². The molecule has 0 aliphatic carbocycles. The van der Waals surface area contributed by atoms with Crippen LogP contribution in [0.2, 0.25) is 0 Å². The molecule has 0 aromatic heterocycles. The first kappa shape index (κ1) is 21.6. The van der Waals surface area contributed by atoms with Crippen LogP contribution in [0, 0.1) is 5.82 Å². The summed E-state index contributed by atoms with van der Waals surface area (Å²) in [7, 11) is 1.75. The van der Waals surface area contributed by atoms with Crippen LogP contribution in [0.3, 0.4) is 0 Å². The van der Waals surface area contributed by atoms with Gasteiger partial charge in [-0.1, -0.05) is 48.5 Å². The third-order valence-electron chi connectivity index (χ3n) is 4.90. The first-order chi connectivity index (χ1) is 12.7. The number of hydrogen-bond donors (Lipinski definition) is 2. The molecule has 1 heterocycles. The van der Waals surface area contributed by atoms with Crippen molar-refractivity contribution in [2.45, 2.75) is 38.5 Å². The van der Waals surface area contributed by atoms with Gasteiger partial charge in [0.1, 0.15) is 5.82 Å². The summed E-state index contributed by atoms with van der Waals surface area (Å²) in [5.41, 5.74) is 1.98. The zero-order chi connectivity index (χ0) is 18.4. The van der Waals surface area contributed by atoms with E-state index in [2.05, 4.69) is 51.7 Å². The second-order valence-corrected chi connectivity index (χ2v) is 6.86. The van der Waals surface area contributed by atoms with Crippen LogP contribution in [0.5, 0.6) is 0 Å². The Morgan fingerprint density at radius 2 is 1.85 bits per heavy atom. The molecular weight excluding hydrogens is 454 g/mol. The lowest BCUT2D eigenvalue weighted by Crippen LogP contribution is -2.44. The fourth-order valence-corrected chi connectivity index (χ4v) is 3.45. The number of likely N-dealkylation sites (tertiary alicyclic amines) is 1. The maximum absolute atomic E-state index is 13.8. The van der Waals surface area contributed by atoms with Crippen molar-refractivity contribution < 1.29 is 4.39 Å². The topological polar surface area (TPSA) is 39.7 Å². The monoisotopic (exact) mass is 482 g/mol. The van der Waals surface area contributed by atoms with Crippen molar-refractivity contribution in [2.75, 3.05) is 13.6 Å².